The molecular formula is C17H18N2O4S2. The number of para-hydroxylation sites is 1. The number of hydrogen-bond donors (Lipinski definition) is 2. The fraction of sp³-hybridized carbons (Fsp3) is 0.235. The number of methoxy groups -OCH3 is 1. The SMILES string of the molecule is COc1ccccc1CNS(=O)(=O)c1ccc2c(c1)NC(=O)CCS2. The number of benzene rings is 2. The minimum atomic E-state index is -3.71. The molecule has 2 N–H and O–H groups in total. The number of ether oxygens (including phenoxy) is 1. The van der Waals surface area contributed by atoms with Gasteiger partial charge in [-0.05, 0) is 24.3 Å². The summed E-state index contributed by atoms with van der Waals surface area (Å²) < 4.78 is 33.0. The predicted octanol–water partition coefficient (Wildman–Crippen LogP) is 2.61. The van der Waals surface area contributed by atoms with Gasteiger partial charge in [-0.3, -0.25) is 4.79 Å². The van der Waals surface area contributed by atoms with Crippen LogP contribution >= 0.6 is 11.8 Å². The van der Waals surface area contributed by atoms with Gasteiger partial charge in [0.05, 0.1) is 17.7 Å². The Morgan fingerprint density at radius 3 is 2.84 bits per heavy atom. The molecule has 1 amide bonds. The summed E-state index contributed by atoms with van der Waals surface area (Å²) in [4.78, 5) is 12.7. The molecule has 0 fully saturated rings. The summed E-state index contributed by atoms with van der Waals surface area (Å²) in [5.74, 6) is 1.19. The largest absolute Gasteiger partial charge is 0.496 e. The third kappa shape index (κ3) is 4.15. The number of fused-ring (bicyclic) bond motifs is 1. The number of hydrogen-bond acceptors (Lipinski definition) is 5. The Morgan fingerprint density at radius 2 is 2.04 bits per heavy atom. The number of thioether (sulfide) groups is 1. The van der Waals surface area contributed by atoms with E-state index >= 15 is 0 Å². The van der Waals surface area contributed by atoms with E-state index in [1.165, 1.54) is 17.8 Å². The minimum absolute atomic E-state index is 0.109. The van der Waals surface area contributed by atoms with Crippen molar-refractivity contribution in [2.75, 3.05) is 18.2 Å². The number of sulfonamides is 1. The fourth-order valence-electron chi connectivity index (χ4n) is 2.47. The molecule has 3 rings (SSSR count). The number of anilines is 1. The smallest absolute Gasteiger partial charge is 0.240 e. The standard InChI is InChI=1S/C17H18N2O4S2/c1-23-15-5-3-2-4-12(15)11-18-25(21,22)13-6-7-16-14(10-13)19-17(20)8-9-24-16/h2-7,10,18H,8-9,11H2,1H3,(H,19,20). The molecule has 25 heavy (non-hydrogen) atoms. The van der Waals surface area contributed by atoms with E-state index < -0.39 is 10.0 Å². The van der Waals surface area contributed by atoms with E-state index in [4.69, 9.17) is 4.74 Å². The number of rotatable bonds is 5. The van der Waals surface area contributed by atoms with Crippen LogP contribution < -0.4 is 14.8 Å². The molecule has 0 unspecified atom stereocenters. The molecule has 1 aliphatic rings. The second-order valence-corrected chi connectivity index (χ2v) is 8.34. The van der Waals surface area contributed by atoms with Crippen molar-refractivity contribution in [3.8, 4) is 5.75 Å². The molecule has 0 radical (unpaired) electrons. The van der Waals surface area contributed by atoms with Gasteiger partial charge in [-0.15, -0.1) is 11.8 Å². The molecule has 1 heterocycles. The average Bonchev–Trinajstić information content (AvgIpc) is 2.80. The summed E-state index contributed by atoms with van der Waals surface area (Å²) in [6.07, 6.45) is 0.410. The number of amides is 1. The second-order valence-electron chi connectivity index (χ2n) is 5.44. The molecule has 0 saturated carbocycles. The molecule has 0 aliphatic carbocycles. The molecule has 0 aromatic heterocycles. The first-order valence-electron chi connectivity index (χ1n) is 7.68. The Balaban J connectivity index is 1.82. The van der Waals surface area contributed by atoms with E-state index in [0.717, 1.165) is 10.5 Å². The van der Waals surface area contributed by atoms with Crippen LogP contribution in [0.25, 0.3) is 0 Å². The molecule has 6 nitrogen and oxygen atoms in total. The van der Waals surface area contributed by atoms with Gasteiger partial charge in [-0.1, -0.05) is 18.2 Å². The van der Waals surface area contributed by atoms with Crippen molar-refractivity contribution in [3.63, 3.8) is 0 Å². The van der Waals surface area contributed by atoms with Crippen LogP contribution in [0.4, 0.5) is 5.69 Å². The summed E-state index contributed by atoms with van der Waals surface area (Å²) in [6, 6.07) is 12.0. The summed E-state index contributed by atoms with van der Waals surface area (Å²) >= 11 is 1.53. The maximum Gasteiger partial charge on any atom is 0.240 e. The lowest BCUT2D eigenvalue weighted by atomic mass is 10.2. The second kappa shape index (κ2) is 7.47. The van der Waals surface area contributed by atoms with Gasteiger partial charge >= 0.3 is 0 Å². The van der Waals surface area contributed by atoms with E-state index in [-0.39, 0.29) is 17.3 Å². The Labute approximate surface area is 151 Å². The Morgan fingerprint density at radius 1 is 1.24 bits per heavy atom. The van der Waals surface area contributed by atoms with Gasteiger partial charge in [0, 0.05) is 29.2 Å². The zero-order valence-corrected chi connectivity index (χ0v) is 15.2. The van der Waals surface area contributed by atoms with Gasteiger partial charge in [-0.2, -0.15) is 0 Å². The predicted molar refractivity (Wildman–Crippen MR) is 97.4 cm³/mol. The van der Waals surface area contributed by atoms with Gasteiger partial charge in [0.1, 0.15) is 5.75 Å². The summed E-state index contributed by atoms with van der Waals surface area (Å²) in [5.41, 5.74) is 1.28. The molecule has 0 saturated heterocycles. The van der Waals surface area contributed by atoms with Crippen molar-refractivity contribution in [3.05, 3.63) is 48.0 Å². The van der Waals surface area contributed by atoms with Crippen molar-refractivity contribution in [2.24, 2.45) is 0 Å². The van der Waals surface area contributed by atoms with E-state index in [1.54, 1.807) is 31.4 Å². The van der Waals surface area contributed by atoms with Gasteiger partial charge in [0.25, 0.3) is 0 Å². The van der Waals surface area contributed by atoms with Crippen LogP contribution in [0, 0.1) is 0 Å². The van der Waals surface area contributed by atoms with Crippen LogP contribution in [0.3, 0.4) is 0 Å². The number of nitrogens with one attached hydrogen (secondary N) is 2. The van der Waals surface area contributed by atoms with Gasteiger partial charge in [0.2, 0.25) is 15.9 Å². The molecule has 2 aromatic carbocycles. The summed E-state index contributed by atoms with van der Waals surface area (Å²) in [5, 5.41) is 2.75. The molecule has 132 valence electrons. The van der Waals surface area contributed by atoms with Crippen molar-refractivity contribution in [1.29, 1.82) is 0 Å². The number of carbonyl (C=O) groups is 1. The van der Waals surface area contributed by atoms with Crippen LogP contribution in [0.2, 0.25) is 0 Å². The fourth-order valence-corrected chi connectivity index (χ4v) is 4.44. The van der Waals surface area contributed by atoms with Gasteiger partial charge in [-0.25, -0.2) is 13.1 Å². The third-order valence-corrected chi connectivity index (χ3v) is 6.24. The van der Waals surface area contributed by atoms with Crippen LogP contribution in [-0.4, -0.2) is 27.2 Å². The van der Waals surface area contributed by atoms with Crippen LogP contribution in [0.1, 0.15) is 12.0 Å². The van der Waals surface area contributed by atoms with E-state index in [1.807, 2.05) is 12.1 Å². The average molecular weight is 378 g/mol. The van der Waals surface area contributed by atoms with Crippen molar-refractivity contribution in [1.82, 2.24) is 4.72 Å². The highest BCUT2D eigenvalue weighted by Gasteiger charge is 2.19. The Hall–Kier alpha value is -2.03. The molecule has 0 atom stereocenters. The van der Waals surface area contributed by atoms with Crippen molar-refractivity contribution < 1.29 is 17.9 Å². The molecule has 8 heteroatoms. The van der Waals surface area contributed by atoms with E-state index in [0.29, 0.717) is 23.6 Å². The Kier molecular flexibility index (Phi) is 5.31. The molecule has 0 spiro atoms. The maximum atomic E-state index is 12.6. The molecule has 1 aliphatic heterocycles. The van der Waals surface area contributed by atoms with E-state index in [2.05, 4.69) is 10.0 Å². The molecular weight excluding hydrogens is 360 g/mol. The zero-order chi connectivity index (χ0) is 17.9. The maximum absolute atomic E-state index is 12.6. The topological polar surface area (TPSA) is 84.5 Å². The Bertz CT molecular complexity index is 897. The first-order chi connectivity index (χ1) is 12.0. The normalized spacial score (nSPS) is 14.4. The van der Waals surface area contributed by atoms with Gasteiger partial charge in [0.15, 0.2) is 0 Å². The van der Waals surface area contributed by atoms with E-state index in [9.17, 15) is 13.2 Å². The highest BCUT2D eigenvalue weighted by molar-refractivity contribution is 7.99. The highest BCUT2D eigenvalue weighted by Crippen LogP contribution is 2.32. The highest BCUT2D eigenvalue weighted by atomic mass is 32.2. The minimum Gasteiger partial charge on any atom is -0.496 e. The summed E-state index contributed by atoms with van der Waals surface area (Å²) in [7, 11) is -2.17. The lowest BCUT2D eigenvalue weighted by Crippen LogP contribution is -2.23. The summed E-state index contributed by atoms with van der Waals surface area (Å²) in [6.45, 7) is 0.116. The number of carbonyl (C=O) groups excluding carboxylic acids is 1. The zero-order valence-electron chi connectivity index (χ0n) is 13.6. The first kappa shape index (κ1) is 17.8. The third-order valence-electron chi connectivity index (χ3n) is 3.77. The lowest BCUT2D eigenvalue weighted by Gasteiger charge is -2.12. The van der Waals surface area contributed by atoms with Crippen molar-refractivity contribution in [2.45, 2.75) is 22.8 Å². The molecule has 2 aromatic rings. The quantitative estimate of drug-likeness (QED) is 0.835. The monoisotopic (exact) mass is 378 g/mol. The van der Waals surface area contributed by atoms with Crippen LogP contribution in [0.15, 0.2) is 52.3 Å². The lowest BCUT2D eigenvalue weighted by molar-refractivity contribution is -0.115. The first-order valence-corrected chi connectivity index (χ1v) is 10.1. The molecule has 0 bridgehead atoms. The van der Waals surface area contributed by atoms with Crippen molar-refractivity contribution >= 4 is 33.4 Å². The van der Waals surface area contributed by atoms with Gasteiger partial charge < -0.3 is 10.1 Å². The van der Waals surface area contributed by atoms with Crippen LogP contribution in [-0.2, 0) is 21.4 Å². The van der Waals surface area contributed by atoms with Crippen LogP contribution in [0.5, 0.6) is 5.75 Å².